The molecule has 100 valence electrons. The molecule has 0 aliphatic heterocycles. The Kier molecular flexibility index (Phi) is 3.09. The van der Waals surface area contributed by atoms with Crippen LogP contribution in [0.1, 0.15) is 16.2 Å². The largest absolute Gasteiger partial charge is 0.506 e. The number of nitrogens with one attached hydrogen (secondary N) is 2. The number of nitrogens with zero attached hydrogens (tertiary/aromatic N) is 1. The van der Waals surface area contributed by atoms with Gasteiger partial charge >= 0.3 is 0 Å². The number of rotatable bonds is 3. The maximum absolute atomic E-state index is 12.0. The number of hydrogen-bond donors (Lipinski definition) is 3. The first-order valence-corrected chi connectivity index (χ1v) is 6.23. The highest BCUT2D eigenvalue weighted by Crippen LogP contribution is 2.22. The molecule has 0 aliphatic carbocycles. The van der Waals surface area contributed by atoms with E-state index in [1.54, 1.807) is 30.5 Å². The Labute approximate surface area is 115 Å². The van der Waals surface area contributed by atoms with Gasteiger partial charge in [0.25, 0.3) is 5.91 Å². The number of phenolic OH excluding ortho intramolecular Hbond substituents is 1. The molecule has 5 nitrogen and oxygen atoms in total. The topological polar surface area (TPSA) is 78.0 Å². The molecular weight excluding hydrogens is 254 g/mol. The normalized spacial score (nSPS) is 10.6. The van der Waals surface area contributed by atoms with E-state index in [-0.39, 0.29) is 17.4 Å². The van der Waals surface area contributed by atoms with Crippen LogP contribution in [0.15, 0.2) is 48.7 Å². The zero-order valence-corrected chi connectivity index (χ0v) is 10.6. The molecule has 3 N–H and O–H groups in total. The number of H-pyrrole nitrogens is 1. The average molecular weight is 267 g/mol. The van der Waals surface area contributed by atoms with Crippen molar-refractivity contribution in [2.24, 2.45) is 0 Å². The van der Waals surface area contributed by atoms with Crippen molar-refractivity contribution in [1.29, 1.82) is 0 Å². The lowest BCUT2D eigenvalue weighted by Crippen LogP contribution is -2.23. The summed E-state index contributed by atoms with van der Waals surface area (Å²) in [6, 6.07) is 12.3. The van der Waals surface area contributed by atoms with Crippen molar-refractivity contribution in [3.05, 3.63) is 60.0 Å². The van der Waals surface area contributed by atoms with E-state index in [2.05, 4.69) is 15.3 Å². The average Bonchev–Trinajstić information content (AvgIpc) is 2.98. The van der Waals surface area contributed by atoms with Gasteiger partial charge in [-0.25, -0.2) is 4.98 Å². The second-order valence-corrected chi connectivity index (χ2v) is 4.42. The summed E-state index contributed by atoms with van der Waals surface area (Å²) in [5.41, 5.74) is 1.63. The lowest BCUT2D eigenvalue weighted by molar-refractivity contribution is 0.0946. The summed E-state index contributed by atoms with van der Waals surface area (Å²) in [5.74, 6) is -0.203. The molecule has 0 atom stereocenters. The van der Waals surface area contributed by atoms with Crippen molar-refractivity contribution in [2.75, 3.05) is 0 Å². The van der Waals surface area contributed by atoms with Crippen molar-refractivity contribution >= 4 is 16.8 Å². The summed E-state index contributed by atoms with van der Waals surface area (Å²) >= 11 is 0. The Bertz CT molecular complexity index is 751. The van der Waals surface area contributed by atoms with Gasteiger partial charge in [-0.2, -0.15) is 0 Å². The minimum Gasteiger partial charge on any atom is -0.506 e. The predicted molar refractivity (Wildman–Crippen MR) is 75.4 cm³/mol. The first-order chi connectivity index (χ1) is 9.74. The molecule has 0 spiro atoms. The number of para-hydroxylation sites is 1. The SMILES string of the molecule is O=C(NCc1ccc[nH]1)c1ccc2cccc(O)c2n1. The van der Waals surface area contributed by atoms with Crippen LogP contribution in [-0.2, 0) is 6.54 Å². The number of amides is 1. The molecule has 0 fully saturated rings. The Morgan fingerprint density at radius 1 is 1.20 bits per heavy atom. The Morgan fingerprint density at radius 3 is 2.90 bits per heavy atom. The van der Waals surface area contributed by atoms with E-state index in [9.17, 15) is 9.90 Å². The molecule has 1 amide bonds. The molecule has 2 aromatic heterocycles. The smallest absolute Gasteiger partial charge is 0.270 e. The zero-order valence-electron chi connectivity index (χ0n) is 10.6. The highest BCUT2D eigenvalue weighted by atomic mass is 16.3. The van der Waals surface area contributed by atoms with Gasteiger partial charge in [0.15, 0.2) is 0 Å². The van der Waals surface area contributed by atoms with Crippen LogP contribution >= 0.6 is 0 Å². The summed E-state index contributed by atoms with van der Waals surface area (Å²) in [6.07, 6.45) is 1.80. The van der Waals surface area contributed by atoms with Crippen molar-refractivity contribution in [1.82, 2.24) is 15.3 Å². The number of pyridine rings is 1. The lowest BCUT2D eigenvalue weighted by atomic mass is 10.2. The first-order valence-electron chi connectivity index (χ1n) is 6.23. The molecule has 0 bridgehead atoms. The standard InChI is InChI=1S/C15H13N3O2/c19-13-5-1-3-10-6-7-12(18-14(10)13)15(20)17-9-11-4-2-8-16-11/h1-8,16,19H,9H2,(H,17,20). The van der Waals surface area contributed by atoms with Crippen LogP contribution in [0.25, 0.3) is 10.9 Å². The minimum atomic E-state index is -0.273. The second-order valence-electron chi connectivity index (χ2n) is 4.42. The summed E-state index contributed by atoms with van der Waals surface area (Å²) in [7, 11) is 0. The number of hydrogen-bond acceptors (Lipinski definition) is 3. The second kappa shape index (κ2) is 5.05. The fraction of sp³-hybridized carbons (Fsp3) is 0.0667. The molecule has 5 heteroatoms. The van der Waals surface area contributed by atoms with Gasteiger partial charge in [-0.15, -0.1) is 0 Å². The van der Waals surface area contributed by atoms with Gasteiger partial charge < -0.3 is 15.4 Å². The quantitative estimate of drug-likeness (QED) is 0.680. The number of benzene rings is 1. The van der Waals surface area contributed by atoms with Crippen LogP contribution in [0.3, 0.4) is 0 Å². The summed E-state index contributed by atoms with van der Waals surface area (Å²) in [6.45, 7) is 0.409. The van der Waals surface area contributed by atoms with Gasteiger partial charge in [0.2, 0.25) is 0 Å². The van der Waals surface area contributed by atoms with Crippen molar-refractivity contribution < 1.29 is 9.90 Å². The number of aromatic nitrogens is 2. The molecule has 0 unspecified atom stereocenters. The fourth-order valence-electron chi connectivity index (χ4n) is 2.00. The summed E-state index contributed by atoms with van der Waals surface area (Å²) < 4.78 is 0. The summed E-state index contributed by atoms with van der Waals surface area (Å²) in [4.78, 5) is 19.2. The van der Waals surface area contributed by atoms with Gasteiger partial charge in [-0.3, -0.25) is 4.79 Å². The number of phenols is 1. The Morgan fingerprint density at radius 2 is 2.10 bits per heavy atom. The van der Waals surface area contributed by atoms with E-state index in [1.165, 1.54) is 0 Å². The molecule has 0 saturated heterocycles. The van der Waals surface area contributed by atoms with Crippen LogP contribution in [0.4, 0.5) is 0 Å². The number of carbonyl (C=O) groups excluding carboxylic acids is 1. The van der Waals surface area contributed by atoms with Gasteiger partial charge in [0.1, 0.15) is 17.0 Å². The molecule has 20 heavy (non-hydrogen) atoms. The van der Waals surface area contributed by atoms with Gasteiger partial charge in [0, 0.05) is 17.3 Å². The third-order valence-electron chi connectivity index (χ3n) is 3.03. The molecule has 0 aliphatic rings. The minimum absolute atomic E-state index is 0.0708. The van der Waals surface area contributed by atoms with Crippen LogP contribution in [0, 0.1) is 0 Å². The van der Waals surface area contributed by atoms with Gasteiger partial charge in [-0.1, -0.05) is 18.2 Å². The highest BCUT2D eigenvalue weighted by Gasteiger charge is 2.09. The number of aromatic hydroxyl groups is 1. The van der Waals surface area contributed by atoms with E-state index in [1.807, 2.05) is 18.2 Å². The van der Waals surface area contributed by atoms with E-state index in [0.29, 0.717) is 12.1 Å². The van der Waals surface area contributed by atoms with Crippen molar-refractivity contribution in [3.8, 4) is 5.75 Å². The van der Waals surface area contributed by atoms with E-state index in [0.717, 1.165) is 11.1 Å². The molecule has 1 aromatic carbocycles. The third kappa shape index (κ3) is 2.33. The van der Waals surface area contributed by atoms with E-state index in [4.69, 9.17) is 0 Å². The number of carbonyl (C=O) groups is 1. The van der Waals surface area contributed by atoms with Crippen LogP contribution in [0.5, 0.6) is 5.75 Å². The van der Waals surface area contributed by atoms with Gasteiger partial charge in [-0.05, 0) is 24.3 Å². The molecule has 0 saturated carbocycles. The molecular formula is C15H13N3O2. The van der Waals surface area contributed by atoms with E-state index < -0.39 is 0 Å². The molecule has 0 radical (unpaired) electrons. The lowest BCUT2D eigenvalue weighted by Gasteiger charge is -2.05. The highest BCUT2D eigenvalue weighted by molar-refractivity contribution is 5.95. The van der Waals surface area contributed by atoms with Crippen molar-refractivity contribution in [3.63, 3.8) is 0 Å². The van der Waals surface area contributed by atoms with Crippen LogP contribution < -0.4 is 5.32 Å². The van der Waals surface area contributed by atoms with Gasteiger partial charge in [0.05, 0.1) is 6.54 Å². The number of fused-ring (bicyclic) bond motifs is 1. The third-order valence-corrected chi connectivity index (χ3v) is 3.03. The maximum Gasteiger partial charge on any atom is 0.270 e. The van der Waals surface area contributed by atoms with Crippen molar-refractivity contribution in [2.45, 2.75) is 6.54 Å². The maximum atomic E-state index is 12.0. The molecule has 3 aromatic rings. The Hall–Kier alpha value is -2.82. The predicted octanol–water partition coefficient (Wildman–Crippen LogP) is 2.20. The number of aromatic amines is 1. The fourth-order valence-corrected chi connectivity index (χ4v) is 2.00. The summed E-state index contributed by atoms with van der Waals surface area (Å²) in [5, 5.41) is 13.3. The van der Waals surface area contributed by atoms with Crippen LogP contribution in [0.2, 0.25) is 0 Å². The van der Waals surface area contributed by atoms with E-state index >= 15 is 0 Å². The molecule has 3 rings (SSSR count). The monoisotopic (exact) mass is 267 g/mol. The van der Waals surface area contributed by atoms with Crippen LogP contribution in [-0.4, -0.2) is 21.0 Å². The molecule has 2 heterocycles. The Balaban J connectivity index is 1.82. The zero-order chi connectivity index (χ0) is 13.9. The first kappa shape index (κ1) is 12.2.